The van der Waals surface area contributed by atoms with Gasteiger partial charge in [-0.2, -0.15) is 0 Å². The Morgan fingerprint density at radius 3 is 2.60 bits per heavy atom. The van der Waals surface area contributed by atoms with Gasteiger partial charge in [0.05, 0.1) is 17.3 Å². The molecule has 0 radical (unpaired) electrons. The Kier molecular flexibility index (Phi) is 5.10. The summed E-state index contributed by atoms with van der Waals surface area (Å²) in [7, 11) is -2.86. The lowest BCUT2D eigenvalue weighted by Crippen LogP contribution is -2.17. The first-order valence-electron chi connectivity index (χ1n) is 6.69. The quantitative estimate of drug-likeness (QED) is 0.904. The average Bonchev–Trinajstić information content (AvgIpc) is 2.77. The summed E-state index contributed by atoms with van der Waals surface area (Å²) in [5, 5.41) is 2.89. The minimum absolute atomic E-state index is 0.0632. The summed E-state index contributed by atoms with van der Waals surface area (Å²) >= 11 is 1.43. The molecular weight excluding hydrogens is 294 g/mol. The number of aryl methyl sites for hydroxylation is 1. The lowest BCUT2D eigenvalue weighted by Gasteiger charge is -2.08. The van der Waals surface area contributed by atoms with E-state index in [-0.39, 0.29) is 22.7 Å². The molecule has 20 heavy (non-hydrogen) atoms. The molecular formula is C14H19NO3S2. The van der Waals surface area contributed by atoms with Gasteiger partial charge < -0.3 is 5.32 Å². The molecule has 1 aliphatic rings. The van der Waals surface area contributed by atoms with Gasteiger partial charge in [0.1, 0.15) is 0 Å². The number of anilines is 1. The van der Waals surface area contributed by atoms with Gasteiger partial charge in [0, 0.05) is 10.9 Å². The fourth-order valence-corrected chi connectivity index (χ4v) is 5.55. The molecule has 0 aromatic heterocycles. The second-order valence-corrected chi connectivity index (χ2v) is 8.45. The van der Waals surface area contributed by atoms with Gasteiger partial charge in [-0.3, -0.25) is 4.79 Å². The monoisotopic (exact) mass is 313 g/mol. The van der Waals surface area contributed by atoms with Crippen molar-refractivity contribution in [1.29, 1.82) is 0 Å². The van der Waals surface area contributed by atoms with Gasteiger partial charge in [0.2, 0.25) is 5.91 Å². The topological polar surface area (TPSA) is 63.2 Å². The highest BCUT2D eigenvalue weighted by Gasteiger charge is 2.28. The third-order valence-corrected chi connectivity index (χ3v) is 6.57. The molecule has 0 saturated carbocycles. The molecule has 6 heteroatoms. The van der Waals surface area contributed by atoms with Gasteiger partial charge >= 0.3 is 0 Å². The van der Waals surface area contributed by atoms with Crippen molar-refractivity contribution in [3.05, 3.63) is 29.8 Å². The van der Waals surface area contributed by atoms with Crippen LogP contribution in [0.1, 0.15) is 18.9 Å². The molecule has 1 amide bonds. The Bertz CT molecular complexity index is 567. The third kappa shape index (κ3) is 4.52. The van der Waals surface area contributed by atoms with Crippen molar-refractivity contribution in [2.45, 2.75) is 25.0 Å². The molecule has 1 aromatic carbocycles. The molecule has 0 bridgehead atoms. The first-order valence-corrected chi connectivity index (χ1v) is 9.56. The van der Waals surface area contributed by atoms with Crippen LogP contribution in [0.2, 0.25) is 0 Å². The normalized spacial score (nSPS) is 20.8. The Labute approximate surface area is 124 Å². The second-order valence-electron chi connectivity index (χ2n) is 4.93. The summed E-state index contributed by atoms with van der Waals surface area (Å²) in [5.41, 5.74) is 2.01. The van der Waals surface area contributed by atoms with Crippen LogP contribution in [0.3, 0.4) is 0 Å². The van der Waals surface area contributed by atoms with Crippen molar-refractivity contribution < 1.29 is 13.2 Å². The molecule has 110 valence electrons. The van der Waals surface area contributed by atoms with Gasteiger partial charge in [-0.1, -0.05) is 19.1 Å². The molecule has 1 atom stereocenters. The number of rotatable bonds is 5. The average molecular weight is 313 g/mol. The number of hydrogen-bond donors (Lipinski definition) is 1. The smallest absolute Gasteiger partial charge is 0.234 e. The SMILES string of the molecule is CCc1ccc(NC(=O)CSC2CCS(=O)(=O)C2)cc1. The second kappa shape index (κ2) is 6.63. The molecule has 2 rings (SSSR count). The molecule has 1 heterocycles. The molecule has 1 N–H and O–H groups in total. The van der Waals surface area contributed by atoms with Crippen LogP contribution in [-0.4, -0.2) is 36.8 Å². The first-order chi connectivity index (χ1) is 9.48. The molecule has 1 unspecified atom stereocenters. The molecule has 1 fully saturated rings. The van der Waals surface area contributed by atoms with Crippen LogP contribution in [-0.2, 0) is 21.1 Å². The van der Waals surface area contributed by atoms with Crippen molar-refractivity contribution >= 4 is 33.2 Å². The van der Waals surface area contributed by atoms with Crippen molar-refractivity contribution in [1.82, 2.24) is 0 Å². The van der Waals surface area contributed by atoms with E-state index in [1.807, 2.05) is 24.3 Å². The van der Waals surface area contributed by atoms with Crippen LogP contribution in [0.4, 0.5) is 5.69 Å². The number of carbonyl (C=O) groups is 1. The van der Waals surface area contributed by atoms with E-state index in [1.165, 1.54) is 17.3 Å². The van der Waals surface area contributed by atoms with Gasteiger partial charge in [-0.15, -0.1) is 11.8 Å². The van der Waals surface area contributed by atoms with E-state index in [1.54, 1.807) is 0 Å². The van der Waals surface area contributed by atoms with Gasteiger partial charge in [-0.05, 0) is 30.5 Å². The predicted molar refractivity (Wildman–Crippen MR) is 84.0 cm³/mol. The lowest BCUT2D eigenvalue weighted by molar-refractivity contribution is -0.113. The van der Waals surface area contributed by atoms with Crippen molar-refractivity contribution in [3.63, 3.8) is 0 Å². The highest BCUT2D eigenvalue weighted by molar-refractivity contribution is 8.02. The largest absolute Gasteiger partial charge is 0.325 e. The van der Waals surface area contributed by atoms with Crippen LogP contribution in [0.5, 0.6) is 0 Å². The Morgan fingerprint density at radius 1 is 1.35 bits per heavy atom. The van der Waals surface area contributed by atoms with E-state index >= 15 is 0 Å². The minimum atomic E-state index is -2.86. The van der Waals surface area contributed by atoms with E-state index in [4.69, 9.17) is 0 Å². The van der Waals surface area contributed by atoms with Crippen LogP contribution >= 0.6 is 11.8 Å². The lowest BCUT2D eigenvalue weighted by atomic mass is 10.1. The Morgan fingerprint density at radius 2 is 2.05 bits per heavy atom. The Hall–Kier alpha value is -1.01. The van der Waals surface area contributed by atoms with Crippen molar-refractivity contribution in [3.8, 4) is 0 Å². The maximum absolute atomic E-state index is 11.8. The zero-order valence-corrected chi connectivity index (χ0v) is 13.1. The number of carbonyl (C=O) groups excluding carboxylic acids is 1. The van der Waals surface area contributed by atoms with Crippen LogP contribution < -0.4 is 5.32 Å². The van der Waals surface area contributed by atoms with Gasteiger partial charge in [0.25, 0.3) is 0 Å². The third-order valence-electron chi connectivity index (χ3n) is 3.29. The summed E-state index contributed by atoms with van der Waals surface area (Å²) in [6.45, 7) is 2.08. The zero-order chi connectivity index (χ0) is 14.6. The molecule has 4 nitrogen and oxygen atoms in total. The van der Waals surface area contributed by atoms with Crippen molar-refractivity contribution in [2.24, 2.45) is 0 Å². The predicted octanol–water partition coefficient (Wildman–Crippen LogP) is 2.11. The molecule has 0 aliphatic carbocycles. The number of thioether (sulfide) groups is 1. The van der Waals surface area contributed by atoms with E-state index in [9.17, 15) is 13.2 Å². The zero-order valence-electron chi connectivity index (χ0n) is 11.5. The molecule has 0 spiro atoms. The molecule has 1 aliphatic heterocycles. The number of hydrogen-bond acceptors (Lipinski definition) is 4. The highest BCUT2D eigenvalue weighted by Crippen LogP contribution is 2.24. The van der Waals surface area contributed by atoms with E-state index < -0.39 is 9.84 Å². The Balaban J connectivity index is 1.78. The molecule has 1 aromatic rings. The first kappa shape index (κ1) is 15.4. The van der Waals surface area contributed by atoms with E-state index in [2.05, 4.69) is 12.2 Å². The highest BCUT2D eigenvalue weighted by atomic mass is 32.2. The maximum Gasteiger partial charge on any atom is 0.234 e. The number of benzene rings is 1. The summed E-state index contributed by atoms with van der Waals surface area (Å²) in [6.07, 6.45) is 1.63. The fraction of sp³-hybridized carbons (Fsp3) is 0.500. The van der Waals surface area contributed by atoms with Gasteiger partial charge in [0.15, 0.2) is 9.84 Å². The fourth-order valence-electron chi connectivity index (χ4n) is 2.11. The summed E-state index contributed by atoms with van der Waals surface area (Å²) in [5.74, 6) is 0.680. The van der Waals surface area contributed by atoms with Crippen LogP contribution in [0, 0.1) is 0 Å². The van der Waals surface area contributed by atoms with Gasteiger partial charge in [-0.25, -0.2) is 8.42 Å². The standard InChI is InChI=1S/C14H19NO3S2/c1-2-11-3-5-12(6-4-11)15-14(16)9-19-13-7-8-20(17,18)10-13/h3-6,13H,2,7-10H2,1H3,(H,15,16). The van der Waals surface area contributed by atoms with E-state index in [0.717, 1.165) is 12.1 Å². The number of amides is 1. The summed E-state index contributed by atoms with van der Waals surface area (Å²) in [4.78, 5) is 11.8. The van der Waals surface area contributed by atoms with Crippen molar-refractivity contribution in [2.75, 3.05) is 22.6 Å². The van der Waals surface area contributed by atoms with Crippen LogP contribution in [0.15, 0.2) is 24.3 Å². The number of nitrogens with one attached hydrogen (secondary N) is 1. The summed E-state index contributed by atoms with van der Waals surface area (Å²) in [6, 6.07) is 7.77. The maximum atomic E-state index is 11.8. The van der Waals surface area contributed by atoms with Crippen LogP contribution in [0.25, 0.3) is 0 Å². The van der Waals surface area contributed by atoms with E-state index in [0.29, 0.717) is 12.2 Å². The molecule has 1 saturated heterocycles. The number of sulfone groups is 1. The minimum Gasteiger partial charge on any atom is -0.325 e. The summed E-state index contributed by atoms with van der Waals surface area (Å²) < 4.78 is 22.6.